The van der Waals surface area contributed by atoms with Crippen molar-refractivity contribution in [3.05, 3.63) is 12.2 Å². The maximum Gasteiger partial charge on any atom is 0.306 e. The van der Waals surface area contributed by atoms with Gasteiger partial charge in [0.1, 0.15) is 0 Å². The van der Waals surface area contributed by atoms with Gasteiger partial charge in [-0.05, 0) is 25.7 Å². The van der Waals surface area contributed by atoms with Crippen LogP contribution >= 0.6 is 0 Å². The van der Waals surface area contributed by atoms with Crippen LogP contribution in [0.3, 0.4) is 0 Å². The Labute approximate surface area is 126 Å². The van der Waals surface area contributed by atoms with E-state index < -0.39 is 0 Å². The average molecular weight is 282 g/mol. The molecule has 0 fully saturated rings. The second-order valence-electron chi connectivity index (χ2n) is 5.49. The average Bonchev–Trinajstić information content (AvgIpc) is 2.45. The number of unbranched alkanes of at least 4 members (excludes halogenated alkanes) is 8. The third-order valence-corrected chi connectivity index (χ3v) is 3.42. The summed E-state index contributed by atoms with van der Waals surface area (Å²) in [5.41, 5.74) is 0. The van der Waals surface area contributed by atoms with E-state index in [1.807, 2.05) is 0 Å². The molecule has 0 radical (unpaired) electrons. The van der Waals surface area contributed by atoms with E-state index in [2.05, 4.69) is 26.0 Å². The lowest BCUT2D eigenvalue weighted by Crippen LogP contribution is -2.04. The number of hydrogen-bond donors (Lipinski definition) is 0. The molecule has 0 rings (SSSR count). The van der Waals surface area contributed by atoms with Gasteiger partial charge in [-0.2, -0.15) is 0 Å². The molecule has 2 heteroatoms. The maximum atomic E-state index is 11.3. The minimum absolute atomic E-state index is 0.0565. The fraction of sp³-hybridized carbons (Fsp3) is 0.833. The van der Waals surface area contributed by atoms with Crippen molar-refractivity contribution in [2.75, 3.05) is 6.61 Å². The zero-order valence-electron chi connectivity index (χ0n) is 13.7. The van der Waals surface area contributed by atoms with Gasteiger partial charge in [0.15, 0.2) is 0 Å². The first-order valence-electron chi connectivity index (χ1n) is 8.61. The van der Waals surface area contributed by atoms with E-state index in [4.69, 9.17) is 4.74 Å². The molecule has 0 aromatic rings. The summed E-state index contributed by atoms with van der Waals surface area (Å²) >= 11 is 0. The molecular weight excluding hydrogens is 248 g/mol. The molecule has 0 amide bonds. The fourth-order valence-corrected chi connectivity index (χ4v) is 2.06. The van der Waals surface area contributed by atoms with Crippen LogP contribution in [0.5, 0.6) is 0 Å². The summed E-state index contributed by atoms with van der Waals surface area (Å²) in [7, 11) is 0. The third-order valence-electron chi connectivity index (χ3n) is 3.42. The lowest BCUT2D eigenvalue weighted by Gasteiger charge is -2.01. The Morgan fingerprint density at radius 1 is 0.800 bits per heavy atom. The van der Waals surface area contributed by atoms with Gasteiger partial charge in [0.05, 0.1) is 6.61 Å². The summed E-state index contributed by atoms with van der Waals surface area (Å²) in [6.07, 6.45) is 18.4. The van der Waals surface area contributed by atoms with E-state index in [0.29, 0.717) is 13.0 Å². The van der Waals surface area contributed by atoms with E-state index in [1.54, 1.807) is 0 Å². The molecule has 0 spiro atoms. The minimum Gasteiger partial charge on any atom is -0.466 e. The van der Waals surface area contributed by atoms with Crippen molar-refractivity contribution < 1.29 is 9.53 Å². The van der Waals surface area contributed by atoms with E-state index >= 15 is 0 Å². The molecule has 0 bridgehead atoms. The van der Waals surface area contributed by atoms with Crippen molar-refractivity contribution in [2.45, 2.75) is 90.9 Å². The predicted molar refractivity (Wildman–Crippen MR) is 86.9 cm³/mol. The third kappa shape index (κ3) is 15.3. The highest BCUT2D eigenvalue weighted by atomic mass is 16.5. The van der Waals surface area contributed by atoms with Crippen LogP contribution in [0.4, 0.5) is 0 Å². The maximum absolute atomic E-state index is 11.3. The second-order valence-corrected chi connectivity index (χ2v) is 5.49. The molecule has 2 nitrogen and oxygen atoms in total. The molecule has 20 heavy (non-hydrogen) atoms. The molecule has 0 aromatic heterocycles. The Balaban J connectivity index is 3.21. The Morgan fingerprint density at radius 2 is 1.40 bits per heavy atom. The van der Waals surface area contributed by atoms with Crippen molar-refractivity contribution in [3.63, 3.8) is 0 Å². The van der Waals surface area contributed by atoms with Gasteiger partial charge in [-0.1, -0.05) is 70.9 Å². The van der Waals surface area contributed by atoms with Gasteiger partial charge < -0.3 is 4.74 Å². The quantitative estimate of drug-likeness (QED) is 0.228. The van der Waals surface area contributed by atoms with E-state index in [-0.39, 0.29) is 5.97 Å². The lowest BCUT2D eigenvalue weighted by atomic mass is 10.1. The molecule has 0 saturated heterocycles. The largest absolute Gasteiger partial charge is 0.466 e. The summed E-state index contributed by atoms with van der Waals surface area (Å²) < 4.78 is 5.10. The fourth-order valence-electron chi connectivity index (χ4n) is 2.06. The standard InChI is InChI=1S/C18H34O2/c1-3-5-7-8-9-10-11-12-13-14-15-16-18(19)20-17-6-4-2/h13-14H,3-12,15-17H2,1-2H3/b14-13+. The lowest BCUT2D eigenvalue weighted by molar-refractivity contribution is -0.143. The first-order chi connectivity index (χ1) is 9.81. The van der Waals surface area contributed by atoms with Gasteiger partial charge in [-0.3, -0.25) is 4.79 Å². The number of hydrogen-bond acceptors (Lipinski definition) is 2. The number of rotatable bonds is 14. The smallest absolute Gasteiger partial charge is 0.306 e. The zero-order chi connectivity index (χ0) is 14.9. The SMILES string of the molecule is CCCCCCCCC/C=C/CCC(=O)OCCCC. The van der Waals surface area contributed by atoms with Crippen LogP contribution in [0.25, 0.3) is 0 Å². The summed E-state index contributed by atoms with van der Waals surface area (Å²) in [6, 6.07) is 0. The number of carbonyl (C=O) groups excluding carboxylic acids is 1. The molecule has 118 valence electrons. The van der Waals surface area contributed by atoms with Gasteiger partial charge in [-0.15, -0.1) is 0 Å². The van der Waals surface area contributed by atoms with Crippen LogP contribution in [0.2, 0.25) is 0 Å². The van der Waals surface area contributed by atoms with Crippen molar-refractivity contribution in [1.29, 1.82) is 0 Å². The van der Waals surface area contributed by atoms with Crippen LogP contribution in [-0.4, -0.2) is 12.6 Å². The van der Waals surface area contributed by atoms with Crippen molar-refractivity contribution in [3.8, 4) is 0 Å². The highest BCUT2D eigenvalue weighted by Gasteiger charge is 1.99. The number of ether oxygens (including phenoxy) is 1. The molecule has 0 atom stereocenters. The van der Waals surface area contributed by atoms with Gasteiger partial charge >= 0.3 is 5.97 Å². The first kappa shape index (κ1) is 19.2. The van der Waals surface area contributed by atoms with Crippen molar-refractivity contribution in [1.82, 2.24) is 0 Å². The van der Waals surface area contributed by atoms with E-state index in [0.717, 1.165) is 25.7 Å². The first-order valence-corrected chi connectivity index (χ1v) is 8.61. The van der Waals surface area contributed by atoms with Gasteiger partial charge in [0.2, 0.25) is 0 Å². The van der Waals surface area contributed by atoms with Crippen LogP contribution in [0.15, 0.2) is 12.2 Å². The number of esters is 1. The van der Waals surface area contributed by atoms with Crippen LogP contribution < -0.4 is 0 Å². The second kappa shape index (κ2) is 16.3. The van der Waals surface area contributed by atoms with E-state index in [9.17, 15) is 4.79 Å². The Hall–Kier alpha value is -0.790. The molecular formula is C18H34O2. The zero-order valence-corrected chi connectivity index (χ0v) is 13.7. The van der Waals surface area contributed by atoms with Crippen LogP contribution in [0, 0.1) is 0 Å². The molecule has 0 aliphatic carbocycles. The number of carbonyl (C=O) groups is 1. The number of allylic oxidation sites excluding steroid dienone is 2. The molecule has 0 N–H and O–H groups in total. The van der Waals surface area contributed by atoms with Gasteiger partial charge in [0, 0.05) is 6.42 Å². The normalized spacial score (nSPS) is 11.1. The molecule has 0 aliphatic rings. The highest BCUT2D eigenvalue weighted by Crippen LogP contribution is 2.08. The topological polar surface area (TPSA) is 26.3 Å². The molecule has 0 heterocycles. The highest BCUT2D eigenvalue weighted by molar-refractivity contribution is 5.69. The Bertz CT molecular complexity index is 234. The molecule has 0 aliphatic heterocycles. The van der Waals surface area contributed by atoms with Crippen LogP contribution in [-0.2, 0) is 9.53 Å². The van der Waals surface area contributed by atoms with Crippen molar-refractivity contribution in [2.24, 2.45) is 0 Å². The van der Waals surface area contributed by atoms with Crippen LogP contribution in [0.1, 0.15) is 90.9 Å². The summed E-state index contributed by atoms with van der Waals surface area (Å²) in [5.74, 6) is -0.0565. The summed E-state index contributed by atoms with van der Waals surface area (Å²) in [5, 5.41) is 0. The summed E-state index contributed by atoms with van der Waals surface area (Å²) in [4.78, 5) is 11.3. The van der Waals surface area contributed by atoms with Gasteiger partial charge in [-0.25, -0.2) is 0 Å². The Kier molecular flexibility index (Phi) is 15.6. The van der Waals surface area contributed by atoms with Crippen molar-refractivity contribution >= 4 is 5.97 Å². The molecule has 0 unspecified atom stereocenters. The Morgan fingerprint density at radius 3 is 2.10 bits per heavy atom. The minimum atomic E-state index is -0.0565. The monoisotopic (exact) mass is 282 g/mol. The predicted octanol–water partition coefficient (Wildman–Crippen LogP) is 5.81. The molecule has 0 aromatic carbocycles. The van der Waals surface area contributed by atoms with Gasteiger partial charge in [0.25, 0.3) is 0 Å². The summed E-state index contributed by atoms with van der Waals surface area (Å²) in [6.45, 7) is 4.93. The van der Waals surface area contributed by atoms with E-state index in [1.165, 1.54) is 44.9 Å². The molecule has 0 saturated carbocycles.